The number of ketones is 2. The molecule has 108 valence electrons. The summed E-state index contributed by atoms with van der Waals surface area (Å²) in [6, 6.07) is 0. The minimum Gasteiger partial charge on any atom is -0.382 e. The van der Waals surface area contributed by atoms with Crippen molar-refractivity contribution in [3.05, 3.63) is 23.8 Å². The van der Waals surface area contributed by atoms with Crippen LogP contribution >= 0.6 is 0 Å². The van der Waals surface area contributed by atoms with Crippen molar-refractivity contribution in [3.63, 3.8) is 0 Å². The van der Waals surface area contributed by atoms with Crippen LogP contribution in [0.4, 0.5) is 0 Å². The molecule has 4 nitrogen and oxygen atoms in total. The Labute approximate surface area is 118 Å². The third-order valence-electron chi connectivity index (χ3n) is 5.68. The van der Waals surface area contributed by atoms with Crippen molar-refractivity contribution in [2.24, 2.45) is 23.2 Å². The number of carbonyl (C=O) groups excluding carboxylic acids is 2. The number of hydrogen-bond donors (Lipinski definition) is 2. The van der Waals surface area contributed by atoms with E-state index >= 15 is 0 Å². The molecule has 0 aromatic carbocycles. The van der Waals surface area contributed by atoms with Gasteiger partial charge in [0.25, 0.3) is 0 Å². The molecule has 0 aliphatic heterocycles. The van der Waals surface area contributed by atoms with Gasteiger partial charge in [-0.2, -0.15) is 0 Å². The molecule has 4 heteroatoms. The molecular formula is C16H20O4. The zero-order valence-electron chi connectivity index (χ0n) is 12.2. The van der Waals surface area contributed by atoms with E-state index < -0.39 is 34.4 Å². The standard InChI is InChI=1S/C16H20O4/c1-8-7-9-13(18)16(4,20)11(8)12-14(9,2)6-5-10(17)15(12,3)19/h5-7,9,11-12,19-20H,1-4H3/t9-,11-,12-,14+,15+,16+/m1/s1. The van der Waals surface area contributed by atoms with E-state index in [-0.39, 0.29) is 11.6 Å². The van der Waals surface area contributed by atoms with E-state index in [1.165, 1.54) is 19.9 Å². The Morgan fingerprint density at radius 2 is 1.70 bits per heavy atom. The van der Waals surface area contributed by atoms with Gasteiger partial charge in [-0.1, -0.05) is 24.6 Å². The molecule has 1 saturated carbocycles. The highest BCUT2D eigenvalue weighted by atomic mass is 16.3. The van der Waals surface area contributed by atoms with Crippen LogP contribution in [0.3, 0.4) is 0 Å². The van der Waals surface area contributed by atoms with Crippen LogP contribution in [0.1, 0.15) is 27.7 Å². The Kier molecular flexibility index (Phi) is 2.39. The summed E-state index contributed by atoms with van der Waals surface area (Å²) in [6.45, 7) is 6.75. The Hall–Kier alpha value is -1.26. The minimum atomic E-state index is -1.56. The second-order valence-electron chi connectivity index (χ2n) is 7.07. The van der Waals surface area contributed by atoms with E-state index in [0.717, 1.165) is 5.57 Å². The molecule has 0 unspecified atom stereocenters. The van der Waals surface area contributed by atoms with Crippen LogP contribution in [0.5, 0.6) is 0 Å². The van der Waals surface area contributed by atoms with Crippen LogP contribution < -0.4 is 0 Å². The molecule has 2 N–H and O–H groups in total. The molecule has 4 aliphatic carbocycles. The molecule has 4 aliphatic rings. The maximum Gasteiger partial charge on any atom is 0.186 e. The van der Waals surface area contributed by atoms with Crippen LogP contribution in [0.25, 0.3) is 0 Å². The van der Waals surface area contributed by atoms with Gasteiger partial charge in [-0.25, -0.2) is 0 Å². The maximum atomic E-state index is 12.5. The first-order chi connectivity index (χ1) is 9.04. The highest BCUT2D eigenvalue weighted by molar-refractivity contribution is 6.01. The summed E-state index contributed by atoms with van der Waals surface area (Å²) >= 11 is 0. The Balaban J connectivity index is 2.30. The Morgan fingerprint density at radius 3 is 2.30 bits per heavy atom. The lowest BCUT2D eigenvalue weighted by Gasteiger charge is -2.61. The molecule has 20 heavy (non-hydrogen) atoms. The first-order valence-electron chi connectivity index (χ1n) is 6.95. The van der Waals surface area contributed by atoms with Crippen LogP contribution in [0.2, 0.25) is 0 Å². The van der Waals surface area contributed by atoms with Crippen LogP contribution in [-0.2, 0) is 9.59 Å². The second kappa shape index (κ2) is 3.49. The average Bonchev–Trinajstić information content (AvgIpc) is 2.33. The normalized spacial score (nSPS) is 53.9. The third kappa shape index (κ3) is 1.29. The van der Waals surface area contributed by atoms with E-state index in [9.17, 15) is 19.8 Å². The topological polar surface area (TPSA) is 74.6 Å². The molecular weight excluding hydrogens is 256 g/mol. The summed E-state index contributed by atoms with van der Waals surface area (Å²) < 4.78 is 0. The Morgan fingerprint density at radius 1 is 1.10 bits per heavy atom. The van der Waals surface area contributed by atoms with E-state index in [1.54, 1.807) is 6.08 Å². The van der Waals surface area contributed by atoms with E-state index in [1.807, 2.05) is 19.9 Å². The zero-order valence-corrected chi connectivity index (χ0v) is 12.2. The number of Topliss-reactive ketones (excluding diaryl/α,β-unsaturated/α-hetero) is 1. The van der Waals surface area contributed by atoms with E-state index in [0.29, 0.717) is 0 Å². The number of fused-ring (bicyclic) bond motifs is 1. The number of carbonyl (C=O) groups is 2. The van der Waals surface area contributed by atoms with E-state index in [2.05, 4.69) is 0 Å². The number of rotatable bonds is 0. The second-order valence-corrected chi connectivity index (χ2v) is 7.07. The van der Waals surface area contributed by atoms with Crippen molar-refractivity contribution >= 4 is 11.6 Å². The molecule has 4 rings (SSSR count). The van der Waals surface area contributed by atoms with Gasteiger partial charge in [0.05, 0.1) is 0 Å². The average molecular weight is 276 g/mol. The van der Waals surface area contributed by atoms with Gasteiger partial charge in [-0.3, -0.25) is 9.59 Å². The van der Waals surface area contributed by atoms with Gasteiger partial charge >= 0.3 is 0 Å². The molecule has 0 saturated heterocycles. The smallest absolute Gasteiger partial charge is 0.186 e. The highest BCUT2D eigenvalue weighted by Crippen LogP contribution is 2.62. The molecule has 0 aromatic heterocycles. The molecule has 0 radical (unpaired) electrons. The first kappa shape index (κ1) is 13.7. The summed E-state index contributed by atoms with van der Waals surface area (Å²) in [7, 11) is 0. The third-order valence-corrected chi connectivity index (χ3v) is 5.68. The zero-order chi connectivity index (χ0) is 15.1. The summed E-state index contributed by atoms with van der Waals surface area (Å²) in [5.74, 6) is -2.10. The summed E-state index contributed by atoms with van der Waals surface area (Å²) in [4.78, 5) is 24.6. The molecule has 0 aromatic rings. The fourth-order valence-corrected chi connectivity index (χ4v) is 4.67. The fraction of sp³-hybridized carbons (Fsp3) is 0.625. The maximum absolute atomic E-state index is 12.5. The highest BCUT2D eigenvalue weighted by Gasteiger charge is 2.68. The molecule has 2 bridgehead atoms. The van der Waals surface area contributed by atoms with Gasteiger partial charge in [0.15, 0.2) is 11.6 Å². The predicted molar refractivity (Wildman–Crippen MR) is 72.7 cm³/mol. The van der Waals surface area contributed by atoms with Gasteiger partial charge in [0, 0.05) is 23.2 Å². The van der Waals surface area contributed by atoms with Gasteiger partial charge in [-0.15, -0.1) is 0 Å². The van der Waals surface area contributed by atoms with Crippen molar-refractivity contribution in [2.45, 2.75) is 38.9 Å². The number of hydrogen-bond acceptors (Lipinski definition) is 4. The largest absolute Gasteiger partial charge is 0.382 e. The van der Waals surface area contributed by atoms with Gasteiger partial charge in [0.1, 0.15) is 11.2 Å². The van der Waals surface area contributed by atoms with Crippen LogP contribution in [0.15, 0.2) is 23.8 Å². The van der Waals surface area contributed by atoms with Crippen molar-refractivity contribution in [3.8, 4) is 0 Å². The summed E-state index contributed by atoms with van der Waals surface area (Å²) in [5, 5.41) is 21.3. The quantitative estimate of drug-likeness (QED) is 0.648. The SMILES string of the molecule is CC1=C[C@@H]2C(=O)[C@@](C)(O)[C@H]1[C@@H]1[C@@]2(C)C=CC(=O)[C@]1(C)O. The lowest BCUT2D eigenvalue weighted by molar-refractivity contribution is -0.189. The Bertz CT molecular complexity index is 581. The lowest BCUT2D eigenvalue weighted by Crippen LogP contribution is -2.70. The van der Waals surface area contributed by atoms with Gasteiger partial charge < -0.3 is 10.2 Å². The summed E-state index contributed by atoms with van der Waals surface area (Å²) in [6.07, 6.45) is 5.01. The predicted octanol–water partition coefficient (Wildman–Crippen LogP) is 1.02. The fourth-order valence-electron chi connectivity index (χ4n) is 4.67. The van der Waals surface area contributed by atoms with Crippen molar-refractivity contribution < 1.29 is 19.8 Å². The number of aliphatic hydroxyl groups is 2. The van der Waals surface area contributed by atoms with Crippen LogP contribution in [0, 0.1) is 23.2 Å². The lowest BCUT2D eigenvalue weighted by atomic mass is 9.42. The molecule has 0 spiro atoms. The monoisotopic (exact) mass is 276 g/mol. The van der Waals surface area contributed by atoms with Gasteiger partial charge in [0.2, 0.25) is 0 Å². The van der Waals surface area contributed by atoms with Crippen molar-refractivity contribution in [1.29, 1.82) is 0 Å². The number of allylic oxidation sites excluding steroid dienone is 2. The summed E-state index contributed by atoms with van der Waals surface area (Å²) in [5.41, 5.74) is -2.83. The van der Waals surface area contributed by atoms with E-state index in [4.69, 9.17) is 0 Å². The van der Waals surface area contributed by atoms with Crippen molar-refractivity contribution in [1.82, 2.24) is 0 Å². The molecule has 0 heterocycles. The molecule has 1 fully saturated rings. The minimum absolute atomic E-state index is 0.221. The van der Waals surface area contributed by atoms with Crippen molar-refractivity contribution in [2.75, 3.05) is 0 Å². The van der Waals surface area contributed by atoms with Crippen LogP contribution in [-0.4, -0.2) is 33.0 Å². The molecule has 0 amide bonds. The van der Waals surface area contributed by atoms with Gasteiger partial charge in [-0.05, 0) is 26.8 Å². The molecule has 6 atom stereocenters. The first-order valence-corrected chi connectivity index (χ1v) is 6.95.